The summed E-state index contributed by atoms with van der Waals surface area (Å²) in [5.41, 5.74) is 14.7. The number of ether oxygens (including phenoxy) is 1. The molecular formula is C72H83F2N19O3S2. The van der Waals surface area contributed by atoms with Crippen LogP contribution in [0.1, 0.15) is 103 Å². The predicted octanol–water partition coefficient (Wildman–Crippen LogP) is 13.3. The molecule has 510 valence electrons. The summed E-state index contributed by atoms with van der Waals surface area (Å²) in [5, 5.41) is 24.3. The van der Waals surface area contributed by atoms with E-state index in [0.717, 1.165) is 93.9 Å². The lowest BCUT2D eigenvalue weighted by Gasteiger charge is -2.37. The van der Waals surface area contributed by atoms with Crippen molar-refractivity contribution in [1.29, 1.82) is 10.5 Å². The number of nitrogens with two attached hydrogens (primary N) is 1. The van der Waals surface area contributed by atoms with Gasteiger partial charge in [0.25, 0.3) is 0 Å². The third-order valence-electron chi connectivity index (χ3n) is 17.4. The van der Waals surface area contributed by atoms with E-state index >= 15 is 0 Å². The molecule has 4 aliphatic rings. The van der Waals surface area contributed by atoms with Crippen molar-refractivity contribution in [2.24, 2.45) is 17.6 Å². The van der Waals surface area contributed by atoms with Gasteiger partial charge >= 0.3 is 6.09 Å². The Bertz CT molecular complexity index is 4490. The topological polar surface area (TPSA) is 257 Å². The Balaban J connectivity index is 0.000000179. The van der Waals surface area contributed by atoms with E-state index in [4.69, 9.17) is 40.4 Å². The number of likely N-dealkylation sites (tertiary alicyclic amines) is 1. The lowest BCUT2D eigenvalue weighted by molar-refractivity contribution is -0.119. The molecule has 10 aromatic rings. The second-order valence-electron chi connectivity index (χ2n) is 25.4. The Hall–Kier alpha value is -9.86. The van der Waals surface area contributed by atoms with Crippen molar-refractivity contribution in [2.45, 2.75) is 106 Å². The number of piperidine rings is 2. The fourth-order valence-electron chi connectivity index (χ4n) is 12.1. The van der Waals surface area contributed by atoms with Gasteiger partial charge < -0.3 is 40.3 Å². The van der Waals surface area contributed by atoms with E-state index in [9.17, 15) is 28.9 Å². The Kier molecular flexibility index (Phi) is 22.2. The molecule has 22 nitrogen and oxygen atoms in total. The SMILES string of the molecule is C.C.CC(C)(C)OC(=O)N1CC(N)C1.CCc1nc2ccc(-c3cnc(N4CCC(=O)CC4)nc3)cn2c1N(C)c1nc(-c2ccc(F)cc2)c(C#N)s1.CCc1nc2ccc(-c3cnc(N4CCC(CC5CNC5)CC4)nc3)cn2c1N(C)c1nc(-c2ccc(F)cc2)c(C#N)s1. The molecule has 26 heteroatoms. The number of ketones is 1. The van der Waals surface area contributed by atoms with Gasteiger partial charge in [-0.25, -0.2) is 53.4 Å². The lowest BCUT2D eigenvalue weighted by atomic mass is 9.85. The number of anilines is 6. The zero-order valence-electron chi connectivity index (χ0n) is 54.7. The second kappa shape index (κ2) is 30.7. The Morgan fingerprint density at radius 1 is 0.633 bits per heavy atom. The number of carbonyl (C=O) groups is 2. The molecule has 0 atom stereocenters. The zero-order valence-corrected chi connectivity index (χ0v) is 56.3. The number of halogens is 2. The minimum absolute atomic E-state index is 0. The van der Waals surface area contributed by atoms with Crippen molar-refractivity contribution in [3.8, 4) is 56.9 Å². The first-order valence-corrected chi connectivity index (χ1v) is 33.9. The van der Waals surface area contributed by atoms with Gasteiger partial charge in [-0.1, -0.05) is 51.4 Å². The van der Waals surface area contributed by atoms with Crippen molar-refractivity contribution in [3.05, 3.63) is 143 Å². The first-order chi connectivity index (χ1) is 46.3. The van der Waals surface area contributed by atoms with E-state index in [2.05, 4.69) is 55.9 Å². The Labute approximate surface area is 578 Å². The summed E-state index contributed by atoms with van der Waals surface area (Å²) < 4.78 is 36.2. The number of thiazole rings is 2. The third-order valence-corrected chi connectivity index (χ3v) is 19.5. The molecule has 4 aliphatic heterocycles. The number of amides is 1. The normalized spacial score (nSPS) is 14.9. The van der Waals surface area contributed by atoms with Gasteiger partial charge in [-0.3, -0.25) is 13.6 Å². The highest BCUT2D eigenvalue weighted by Gasteiger charge is 2.32. The number of rotatable bonds is 14. The van der Waals surface area contributed by atoms with E-state index < -0.39 is 5.60 Å². The minimum Gasteiger partial charge on any atom is -0.444 e. The Morgan fingerprint density at radius 3 is 1.43 bits per heavy atom. The van der Waals surface area contributed by atoms with Gasteiger partial charge in [-0.15, -0.1) is 0 Å². The molecule has 0 aliphatic carbocycles. The molecule has 98 heavy (non-hydrogen) atoms. The van der Waals surface area contributed by atoms with Gasteiger partial charge in [-0.2, -0.15) is 10.5 Å². The van der Waals surface area contributed by atoms with Crippen molar-refractivity contribution in [2.75, 3.05) is 86.1 Å². The number of benzene rings is 2. The van der Waals surface area contributed by atoms with Gasteiger partial charge in [0, 0.05) is 143 Å². The molecule has 1 amide bonds. The first-order valence-electron chi connectivity index (χ1n) is 32.3. The van der Waals surface area contributed by atoms with E-state index in [-0.39, 0.29) is 44.4 Å². The molecule has 0 bridgehead atoms. The van der Waals surface area contributed by atoms with Crippen LogP contribution < -0.4 is 30.7 Å². The van der Waals surface area contributed by atoms with Crippen LogP contribution in [0.4, 0.5) is 47.4 Å². The summed E-state index contributed by atoms with van der Waals surface area (Å²) in [7, 11) is 3.85. The number of fused-ring (bicyclic) bond motifs is 2. The number of nitrogens with one attached hydrogen (secondary N) is 1. The number of hydrogen-bond acceptors (Lipinski definition) is 21. The number of aromatic nitrogens is 10. The molecule has 4 saturated heterocycles. The summed E-state index contributed by atoms with van der Waals surface area (Å²) in [4.78, 5) is 71.6. The van der Waals surface area contributed by atoms with Crippen LogP contribution in [0.5, 0.6) is 0 Å². The highest BCUT2D eigenvalue weighted by molar-refractivity contribution is 7.17. The van der Waals surface area contributed by atoms with Crippen molar-refractivity contribution in [1.82, 2.24) is 58.9 Å². The molecule has 0 saturated carbocycles. The summed E-state index contributed by atoms with van der Waals surface area (Å²) in [6, 6.07) is 24.7. The van der Waals surface area contributed by atoms with E-state index in [1.54, 1.807) is 41.6 Å². The third kappa shape index (κ3) is 15.7. The lowest BCUT2D eigenvalue weighted by Crippen LogP contribution is -2.58. The zero-order chi connectivity index (χ0) is 67.4. The van der Waals surface area contributed by atoms with Crippen LogP contribution in [0.3, 0.4) is 0 Å². The van der Waals surface area contributed by atoms with E-state index in [1.165, 1.54) is 79.3 Å². The monoisotopic (exact) mass is 1360 g/mol. The average Bonchev–Trinajstić information content (AvgIpc) is 1.61. The van der Waals surface area contributed by atoms with Crippen LogP contribution in [0.2, 0.25) is 0 Å². The van der Waals surface area contributed by atoms with Gasteiger partial charge in [0.2, 0.25) is 11.9 Å². The van der Waals surface area contributed by atoms with Gasteiger partial charge in [0.1, 0.15) is 79.2 Å². The van der Waals surface area contributed by atoms with Crippen LogP contribution in [0.15, 0.2) is 110 Å². The molecule has 4 fully saturated rings. The number of carbonyl (C=O) groups excluding carboxylic acids is 2. The van der Waals surface area contributed by atoms with Gasteiger partial charge in [0.05, 0.1) is 11.4 Å². The molecular weight excluding hydrogens is 1280 g/mol. The predicted molar refractivity (Wildman–Crippen MR) is 383 cm³/mol. The molecule has 12 heterocycles. The average molecular weight is 1360 g/mol. The van der Waals surface area contributed by atoms with Gasteiger partial charge in [-0.05, 0) is 151 Å². The summed E-state index contributed by atoms with van der Waals surface area (Å²) in [5.74, 6) is 4.43. The number of nitrogens with zero attached hydrogens (tertiary/aromatic N) is 17. The number of imidazole rings is 2. The number of nitriles is 2. The molecule has 0 spiro atoms. The van der Waals surface area contributed by atoms with Crippen LogP contribution in [0.25, 0.3) is 56.1 Å². The van der Waals surface area contributed by atoms with Crippen LogP contribution >= 0.6 is 22.7 Å². The summed E-state index contributed by atoms with van der Waals surface area (Å²) in [6.45, 7) is 16.6. The summed E-state index contributed by atoms with van der Waals surface area (Å²) in [6.07, 6.45) is 17.5. The quantitative estimate of drug-likeness (QED) is 0.103. The maximum atomic E-state index is 13.5. The van der Waals surface area contributed by atoms with Crippen molar-refractivity contribution in [3.63, 3.8) is 0 Å². The standard InChI is InChI=1S/C33H34FN9S.C29H25FN8OS.C8H16N2O2.2CH4/c1-3-27-31(41(2)33-40-30(28(15-35)44-33)23-4-7-26(34)8-5-23)43-20-24(6-9-29(43)39-27)25-18-37-32(38-19-25)42-12-10-21(11-13-42)14-22-16-36-17-22;1-3-23-27(36(2)29-35-26(24(14-31)40-29)18-4-7-21(30)8-5-18)38-17-19(6-9-25(38)34-23)20-15-32-28(33-16-20)37-12-10-22(39)11-13-37;1-8(2,3)12-7(11)10-4-6(9)5-10;;/h4-9,18-22,36H,3,10-14,16-17H2,1-2H3;4-9,15-17H,3,10-13H2,1-2H3;6H,4-5,9H2,1-3H3;2*1H4. The molecule has 3 N–H and O–H groups in total. The van der Waals surface area contributed by atoms with E-state index in [0.29, 0.717) is 93.9 Å². The number of Topliss-reactive ketones (excluding diaryl/α,β-unsaturated/α-hetero) is 1. The highest BCUT2D eigenvalue weighted by Crippen LogP contribution is 2.40. The van der Waals surface area contributed by atoms with E-state index in [1.807, 2.05) is 97.7 Å². The molecule has 14 rings (SSSR count). The number of hydrogen-bond donors (Lipinski definition) is 2. The molecule has 0 unspecified atom stereocenters. The highest BCUT2D eigenvalue weighted by atomic mass is 32.1. The Morgan fingerprint density at radius 2 is 1.05 bits per heavy atom. The largest absolute Gasteiger partial charge is 0.444 e. The second-order valence-corrected chi connectivity index (χ2v) is 27.3. The molecule has 2 aromatic carbocycles. The van der Waals surface area contributed by atoms with Crippen molar-refractivity contribution < 1.29 is 23.1 Å². The molecule has 0 radical (unpaired) electrons. The van der Waals surface area contributed by atoms with Crippen LogP contribution in [0, 0.1) is 46.1 Å². The minimum atomic E-state index is -0.406. The van der Waals surface area contributed by atoms with Crippen molar-refractivity contribution >= 4 is 79.6 Å². The maximum Gasteiger partial charge on any atom is 0.410 e. The fraction of sp³-hybridized carbons (Fsp3) is 0.389. The molecule has 8 aromatic heterocycles. The maximum absolute atomic E-state index is 13.5. The van der Waals surface area contributed by atoms with Crippen LogP contribution in [-0.4, -0.2) is 144 Å². The summed E-state index contributed by atoms with van der Waals surface area (Å²) >= 11 is 2.59. The fourth-order valence-corrected chi connectivity index (χ4v) is 13.8. The van der Waals surface area contributed by atoms with Crippen LogP contribution in [-0.2, 0) is 22.4 Å². The van der Waals surface area contributed by atoms with Gasteiger partial charge in [0.15, 0.2) is 10.3 Å². The smallest absolute Gasteiger partial charge is 0.410 e. The number of aryl methyl sites for hydroxylation is 2. The first kappa shape index (κ1) is 70.9. The number of pyridine rings is 2.